The Bertz CT molecular complexity index is 1130. The molecule has 0 bridgehead atoms. The van der Waals surface area contributed by atoms with Crippen LogP contribution in [0.1, 0.15) is 50.5 Å². The second-order valence-corrected chi connectivity index (χ2v) is 12.3. The van der Waals surface area contributed by atoms with Gasteiger partial charge in [-0.15, -0.1) is 0 Å². The van der Waals surface area contributed by atoms with E-state index in [0.717, 1.165) is 25.0 Å². The molecule has 1 unspecified atom stereocenters. The Morgan fingerprint density at radius 1 is 1.02 bits per heavy atom. The van der Waals surface area contributed by atoms with Crippen molar-refractivity contribution in [2.45, 2.75) is 68.3 Å². The minimum atomic E-state index is -4.46. The molecule has 1 aromatic rings. The number of benzene rings is 1. The highest BCUT2D eigenvalue weighted by atomic mass is 32.2. The van der Waals surface area contributed by atoms with Gasteiger partial charge in [-0.25, -0.2) is 27.8 Å². The normalized spacial score (nSPS) is 22.9. The van der Waals surface area contributed by atoms with Gasteiger partial charge in [-0.1, -0.05) is 0 Å². The lowest BCUT2D eigenvalue weighted by atomic mass is 9.95. The van der Waals surface area contributed by atoms with Gasteiger partial charge in [0.15, 0.2) is 11.0 Å². The number of sulfonamides is 1. The fraction of sp³-hybridized carbons (Fsp3) is 0.680. The molecule has 15 heteroatoms. The number of alkyl halides is 3. The van der Waals surface area contributed by atoms with Crippen LogP contribution >= 0.6 is 0 Å². The van der Waals surface area contributed by atoms with Gasteiger partial charge in [-0.3, -0.25) is 4.79 Å². The molecule has 40 heavy (non-hydrogen) atoms. The Morgan fingerprint density at radius 2 is 1.68 bits per heavy atom. The zero-order chi connectivity index (χ0) is 29.0. The molecule has 4 rings (SSSR count). The first-order valence-corrected chi connectivity index (χ1v) is 14.6. The van der Waals surface area contributed by atoms with Gasteiger partial charge in [-0.2, -0.15) is 13.2 Å². The molecule has 11 nitrogen and oxygen atoms in total. The van der Waals surface area contributed by atoms with Crippen LogP contribution in [-0.4, -0.2) is 86.7 Å². The maximum absolute atomic E-state index is 14.0. The van der Waals surface area contributed by atoms with Crippen molar-refractivity contribution in [1.82, 2.24) is 14.7 Å². The summed E-state index contributed by atoms with van der Waals surface area (Å²) in [5, 5.41) is 0. The number of likely N-dealkylation sites (tertiary alicyclic amines) is 1. The summed E-state index contributed by atoms with van der Waals surface area (Å²) in [6, 6.07) is 4.32. The molecule has 1 atom stereocenters. The van der Waals surface area contributed by atoms with Crippen LogP contribution in [0.5, 0.6) is 5.75 Å². The molecule has 0 saturated carbocycles. The van der Waals surface area contributed by atoms with Gasteiger partial charge in [0.25, 0.3) is 5.91 Å². The summed E-state index contributed by atoms with van der Waals surface area (Å²) in [7, 11) is -3.01. The van der Waals surface area contributed by atoms with E-state index in [1.807, 2.05) is 0 Å². The Morgan fingerprint density at radius 3 is 2.23 bits per heavy atom. The third-order valence-electron chi connectivity index (χ3n) is 7.56. The number of carbonyl (C=O) groups is 2. The summed E-state index contributed by atoms with van der Waals surface area (Å²) in [6.07, 6.45) is -3.65. The average Bonchev–Trinajstić information content (AvgIpc) is 2.96. The first-order chi connectivity index (χ1) is 19.0. The summed E-state index contributed by atoms with van der Waals surface area (Å²) in [6.45, 7) is 0.563. The number of hydrogen-bond donors (Lipinski definition) is 1. The van der Waals surface area contributed by atoms with Crippen molar-refractivity contribution in [2.24, 2.45) is 0 Å². The lowest BCUT2D eigenvalue weighted by Gasteiger charge is -2.43. The summed E-state index contributed by atoms with van der Waals surface area (Å²) in [5.41, 5.74) is 1.52. The van der Waals surface area contributed by atoms with Gasteiger partial charge >= 0.3 is 12.3 Å². The molecule has 1 aromatic carbocycles. The third kappa shape index (κ3) is 6.64. The number of amides is 2. The number of nitrogens with zero attached hydrogens (tertiary/aromatic N) is 2. The van der Waals surface area contributed by atoms with Crippen molar-refractivity contribution in [3.8, 4) is 5.75 Å². The van der Waals surface area contributed by atoms with Gasteiger partial charge in [-0.05, 0) is 62.8 Å². The predicted octanol–water partition coefficient (Wildman–Crippen LogP) is 3.05. The summed E-state index contributed by atoms with van der Waals surface area (Å²) in [5.74, 6) is -0.572. The van der Waals surface area contributed by atoms with E-state index in [4.69, 9.17) is 19.0 Å². The van der Waals surface area contributed by atoms with E-state index >= 15 is 0 Å². The highest BCUT2D eigenvalue weighted by Gasteiger charge is 2.56. The van der Waals surface area contributed by atoms with Crippen LogP contribution in [-0.2, 0) is 35.3 Å². The molecule has 3 aliphatic heterocycles. The average molecular weight is 594 g/mol. The Hall–Kier alpha value is -2.62. The maximum atomic E-state index is 14.0. The predicted molar refractivity (Wildman–Crippen MR) is 134 cm³/mol. The SMILES string of the molecule is COC(=O)N1CCC(C(=O)NOC2CCCCO2)(S(=O)(=O)N2CCC(Oc3ccc(C(F)(F)F)cc3)CC2)CC1. The molecule has 3 heterocycles. The number of carbonyl (C=O) groups excluding carboxylic acids is 2. The van der Waals surface area contributed by atoms with Crippen LogP contribution in [0, 0.1) is 0 Å². The number of methoxy groups -OCH3 is 1. The van der Waals surface area contributed by atoms with Crippen molar-refractivity contribution in [1.29, 1.82) is 0 Å². The van der Waals surface area contributed by atoms with Crippen LogP contribution in [0.15, 0.2) is 24.3 Å². The highest BCUT2D eigenvalue weighted by Crippen LogP contribution is 2.36. The van der Waals surface area contributed by atoms with E-state index in [1.54, 1.807) is 0 Å². The molecule has 3 saturated heterocycles. The van der Waals surface area contributed by atoms with Crippen molar-refractivity contribution in [3.05, 3.63) is 29.8 Å². The lowest BCUT2D eigenvalue weighted by molar-refractivity contribution is -0.202. The minimum Gasteiger partial charge on any atom is -0.490 e. The van der Waals surface area contributed by atoms with Gasteiger partial charge in [0.2, 0.25) is 10.0 Å². The second kappa shape index (κ2) is 12.5. The first-order valence-electron chi connectivity index (χ1n) is 13.2. The largest absolute Gasteiger partial charge is 0.490 e. The van der Waals surface area contributed by atoms with Crippen LogP contribution in [0.3, 0.4) is 0 Å². The molecule has 3 aliphatic rings. The number of hydrogen-bond acceptors (Lipinski definition) is 8. The molecule has 3 fully saturated rings. The molecule has 0 radical (unpaired) electrons. The maximum Gasteiger partial charge on any atom is 0.416 e. The standard InChI is InChI=1S/C25H34F3N3O8S/c1-36-23(33)30-15-11-24(12-16-30,22(32)29-39-21-4-2-3-17-37-21)40(34,35)31-13-9-20(10-14-31)38-19-7-5-18(6-8-19)25(26,27)28/h5-8,20-21H,2-4,9-17H2,1H3,(H,29,32). The molecule has 0 spiro atoms. The van der Waals surface area contributed by atoms with Gasteiger partial charge in [0, 0.05) is 39.2 Å². The number of ether oxygens (including phenoxy) is 3. The molecule has 0 aromatic heterocycles. The van der Waals surface area contributed by atoms with Crippen LogP contribution in [0.4, 0.5) is 18.0 Å². The molecular formula is C25H34F3N3O8S. The van der Waals surface area contributed by atoms with Crippen LogP contribution < -0.4 is 10.2 Å². The number of nitrogens with one attached hydrogen (secondary N) is 1. The van der Waals surface area contributed by atoms with E-state index in [-0.39, 0.29) is 57.6 Å². The summed E-state index contributed by atoms with van der Waals surface area (Å²) in [4.78, 5) is 32.2. The van der Waals surface area contributed by atoms with Gasteiger partial charge in [0.05, 0.1) is 12.7 Å². The monoisotopic (exact) mass is 593 g/mol. The number of rotatable bonds is 7. The van der Waals surface area contributed by atoms with Crippen molar-refractivity contribution < 1.29 is 50.2 Å². The van der Waals surface area contributed by atoms with E-state index in [1.165, 1.54) is 28.4 Å². The molecular weight excluding hydrogens is 559 g/mol. The van der Waals surface area contributed by atoms with Crippen LogP contribution in [0.2, 0.25) is 0 Å². The fourth-order valence-corrected chi connectivity index (χ4v) is 7.31. The number of piperidine rings is 2. The van der Waals surface area contributed by atoms with E-state index in [2.05, 4.69) is 5.48 Å². The number of hydroxylamine groups is 1. The smallest absolute Gasteiger partial charge is 0.416 e. The number of halogens is 3. The van der Waals surface area contributed by atoms with Gasteiger partial charge in [0.1, 0.15) is 11.9 Å². The molecule has 1 N–H and O–H groups in total. The molecule has 0 aliphatic carbocycles. The van der Waals surface area contributed by atoms with Crippen molar-refractivity contribution >= 4 is 22.0 Å². The quantitative estimate of drug-likeness (QED) is 0.479. The fourth-order valence-electron chi connectivity index (χ4n) is 5.15. The Kier molecular flexibility index (Phi) is 9.47. The Balaban J connectivity index is 1.43. The minimum absolute atomic E-state index is 0.00719. The van der Waals surface area contributed by atoms with Crippen molar-refractivity contribution in [3.63, 3.8) is 0 Å². The van der Waals surface area contributed by atoms with Gasteiger partial charge < -0.3 is 19.1 Å². The summed E-state index contributed by atoms with van der Waals surface area (Å²) >= 11 is 0. The summed E-state index contributed by atoms with van der Waals surface area (Å²) < 4.78 is 81.8. The Labute approximate surface area is 230 Å². The lowest BCUT2D eigenvalue weighted by Crippen LogP contribution is -2.63. The van der Waals surface area contributed by atoms with E-state index in [0.29, 0.717) is 13.0 Å². The highest BCUT2D eigenvalue weighted by molar-refractivity contribution is 7.91. The molecule has 224 valence electrons. The van der Waals surface area contributed by atoms with Crippen molar-refractivity contribution in [2.75, 3.05) is 39.9 Å². The van der Waals surface area contributed by atoms with Crippen LogP contribution in [0.25, 0.3) is 0 Å². The van der Waals surface area contributed by atoms with E-state index < -0.39 is 50.9 Å². The topological polar surface area (TPSA) is 124 Å². The first kappa shape index (κ1) is 30.3. The van der Waals surface area contributed by atoms with E-state index in [9.17, 15) is 31.2 Å². The molecule has 2 amide bonds. The second-order valence-electron chi connectivity index (χ2n) is 10.0. The zero-order valence-corrected chi connectivity index (χ0v) is 23.0. The zero-order valence-electron chi connectivity index (χ0n) is 22.2. The third-order valence-corrected chi connectivity index (χ3v) is 10.2.